The minimum absolute atomic E-state index is 0.789. The summed E-state index contributed by atoms with van der Waals surface area (Å²) in [5.74, 6) is 3.29. The van der Waals surface area contributed by atoms with E-state index in [1.807, 2.05) is 11.8 Å². The third kappa shape index (κ3) is 3.68. The van der Waals surface area contributed by atoms with Crippen LogP contribution in [-0.2, 0) is 0 Å². The lowest BCUT2D eigenvalue weighted by atomic mass is 9.82. The number of rotatable bonds is 5. The molecule has 0 amide bonds. The van der Waals surface area contributed by atoms with E-state index in [0.717, 1.165) is 23.9 Å². The minimum Gasteiger partial charge on any atom is -0.311 e. The Kier molecular flexibility index (Phi) is 5.10. The van der Waals surface area contributed by atoms with Crippen LogP contribution in [0.15, 0.2) is 0 Å². The second-order valence-corrected chi connectivity index (χ2v) is 7.79. The molecule has 3 fully saturated rings. The molecule has 0 aromatic rings. The lowest BCUT2D eigenvalue weighted by Crippen LogP contribution is -2.60. The largest absolute Gasteiger partial charge is 0.311 e. The van der Waals surface area contributed by atoms with Crippen LogP contribution in [0.4, 0.5) is 0 Å². The van der Waals surface area contributed by atoms with Crippen molar-refractivity contribution in [2.75, 3.05) is 31.6 Å². The molecule has 2 unspecified atom stereocenters. The van der Waals surface area contributed by atoms with E-state index in [-0.39, 0.29) is 0 Å². The van der Waals surface area contributed by atoms with Crippen molar-refractivity contribution in [1.29, 1.82) is 0 Å². The Morgan fingerprint density at radius 3 is 2.53 bits per heavy atom. The lowest BCUT2D eigenvalue weighted by molar-refractivity contribution is 0.0905. The zero-order valence-electron chi connectivity index (χ0n) is 12.4. The first kappa shape index (κ1) is 14.2. The highest BCUT2D eigenvalue weighted by atomic mass is 32.2. The molecular weight excluding hydrogens is 252 g/mol. The fourth-order valence-electron chi connectivity index (χ4n) is 4.12. The second kappa shape index (κ2) is 6.82. The van der Waals surface area contributed by atoms with Crippen molar-refractivity contribution in [1.82, 2.24) is 10.2 Å². The van der Waals surface area contributed by atoms with Crippen LogP contribution in [0.5, 0.6) is 0 Å². The van der Waals surface area contributed by atoms with Gasteiger partial charge >= 0.3 is 0 Å². The van der Waals surface area contributed by atoms with Crippen molar-refractivity contribution >= 4 is 11.8 Å². The maximum Gasteiger partial charge on any atom is 0.0249 e. The molecule has 2 nitrogen and oxygen atoms in total. The Balaban J connectivity index is 1.56. The average molecular weight is 282 g/mol. The van der Waals surface area contributed by atoms with Gasteiger partial charge in [-0.15, -0.1) is 0 Å². The minimum atomic E-state index is 0.789. The van der Waals surface area contributed by atoms with Gasteiger partial charge in [0.15, 0.2) is 0 Å². The normalized spacial score (nSPS) is 34.6. The number of hydrogen-bond donors (Lipinski definition) is 1. The van der Waals surface area contributed by atoms with Crippen molar-refractivity contribution in [2.24, 2.45) is 11.8 Å². The third-order valence-electron chi connectivity index (χ3n) is 5.46. The zero-order chi connectivity index (χ0) is 13.1. The van der Waals surface area contributed by atoms with E-state index in [9.17, 15) is 0 Å². The Morgan fingerprint density at radius 2 is 1.84 bits per heavy atom. The number of nitrogens with zero attached hydrogens (tertiary/aromatic N) is 1. The first-order chi connectivity index (χ1) is 9.38. The van der Waals surface area contributed by atoms with Crippen LogP contribution in [0.3, 0.4) is 0 Å². The van der Waals surface area contributed by atoms with Crippen LogP contribution in [0, 0.1) is 11.8 Å². The molecule has 1 aliphatic heterocycles. The van der Waals surface area contributed by atoms with Gasteiger partial charge in [0.25, 0.3) is 0 Å². The fraction of sp³-hybridized carbons (Fsp3) is 1.00. The third-order valence-corrected chi connectivity index (χ3v) is 6.05. The molecule has 3 aliphatic rings. The zero-order valence-corrected chi connectivity index (χ0v) is 13.3. The highest BCUT2D eigenvalue weighted by Gasteiger charge is 2.40. The number of nitrogens with one attached hydrogen (secondary N) is 1. The summed E-state index contributed by atoms with van der Waals surface area (Å²) in [5, 5.41) is 3.92. The molecule has 0 aromatic heterocycles. The van der Waals surface area contributed by atoms with Crippen molar-refractivity contribution in [3.8, 4) is 0 Å². The maximum absolute atomic E-state index is 3.92. The fourth-order valence-corrected chi connectivity index (χ4v) is 4.53. The summed E-state index contributed by atoms with van der Waals surface area (Å²) < 4.78 is 0. The summed E-state index contributed by atoms with van der Waals surface area (Å²) in [5.41, 5.74) is 0. The molecule has 19 heavy (non-hydrogen) atoms. The van der Waals surface area contributed by atoms with E-state index in [1.165, 1.54) is 70.3 Å². The van der Waals surface area contributed by atoms with Crippen LogP contribution in [0.25, 0.3) is 0 Å². The molecular formula is C16H30N2S. The SMILES string of the molecule is CSCCN1CC(C2CCCCC2)NCC1C1CC1. The Morgan fingerprint density at radius 1 is 1.05 bits per heavy atom. The summed E-state index contributed by atoms with van der Waals surface area (Å²) in [4.78, 5) is 2.84. The molecule has 0 radical (unpaired) electrons. The van der Waals surface area contributed by atoms with Gasteiger partial charge in [0.1, 0.15) is 0 Å². The maximum atomic E-state index is 3.92. The summed E-state index contributed by atoms with van der Waals surface area (Å²) in [6.45, 7) is 3.90. The predicted molar refractivity (Wildman–Crippen MR) is 84.8 cm³/mol. The van der Waals surface area contributed by atoms with E-state index in [0.29, 0.717) is 0 Å². The van der Waals surface area contributed by atoms with E-state index in [1.54, 1.807) is 0 Å². The molecule has 0 spiro atoms. The molecule has 1 saturated heterocycles. The first-order valence-electron chi connectivity index (χ1n) is 8.35. The van der Waals surface area contributed by atoms with Crippen molar-refractivity contribution < 1.29 is 0 Å². The van der Waals surface area contributed by atoms with Crippen LogP contribution < -0.4 is 5.32 Å². The summed E-state index contributed by atoms with van der Waals surface area (Å²) >= 11 is 2.00. The van der Waals surface area contributed by atoms with E-state index in [2.05, 4.69) is 16.5 Å². The Hall–Kier alpha value is 0.270. The Labute approximate surface area is 123 Å². The van der Waals surface area contributed by atoms with Crippen LogP contribution in [0.2, 0.25) is 0 Å². The molecule has 0 aromatic carbocycles. The van der Waals surface area contributed by atoms with Gasteiger partial charge in [-0.25, -0.2) is 0 Å². The predicted octanol–water partition coefficient (Wildman–Crippen LogP) is 2.98. The Bertz CT molecular complexity index is 274. The van der Waals surface area contributed by atoms with Gasteiger partial charge in [0.2, 0.25) is 0 Å². The van der Waals surface area contributed by atoms with Gasteiger partial charge in [0, 0.05) is 37.5 Å². The van der Waals surface area contributed by atoms with Crippen molar-refractivity contribution in [2.45, 2.75) is 57.0 Å². The highest BCUT2D eigenvalue weighted by Crippen LogP contribution is 2.37. The average Bonchev–Trinajstić information content (AvgIpc) is 3.30. The molecule has 2 aliphatic carbocycles. The van der Waals surface area contributed by atoms with Crippen LogP contribution in [-0.4, -0.2) is 48.6 Å². The van der Waals surface area contributed by atoms with Gasteiger partial charge in [-0.2, -0.15) is 11.8 Å². The molecule has 2 atom stereocenters. The highest BCUT2D eigenvalue weighted by molar-refractivity contribution is 7.98. The molecule has 110 valence electrons. The standard InChI is InChI=1S/C16H30N2S/c1-19-10-9-18-12-15(13-5-3-2-4-6-13)17-11-16(18)14-7-8-14/h13-17H,2-12H2,1H3. The number of piperazine rings is 1. The van der Waals surface area contributed by atoms with E-state index in [4.69, 9.17) is 0 Å². The lowest BCUT2D eigenvalue weighted by Gasteiger charge is -2.44. The number of hydrogen-bond acceptors (Lipinski definition) is 3. The van der Waals surface area contributed by atoms with Gasteiger partial charge in [-0.1, -0.05) is 19.3 Å². The smallest absolute Gasteiger partial charge is 0.0249 e. The molecule has 2 saturated carbocycles. The van der Waals surface area contributed by atoms with Gasteiger partial charge in [-0.3, -0.25) is 4.90 Å². The van der Waals surface area contributed by atoms with Crippen molar-refractivity contribution in [3.05, 3.63) is 0 Å². The van der Waals surface area contributed by atoms with E-state index < -0.39 is 0 Å². The van der Waals surface area contributed by atoms with Crippen LogP contribution in [0.1, 0.15) is 44.9 Å². The molecule has 1 heterocycles. The summed E-state index contributed by atoms with van der Waals surface area (Å²) in [6.07, 6.45) is 12.6. The summed E-state index contributed by atoms with van der Waals surface area (Å²) in [6, 6.07) is 1.64. The van der Waals surface area contributed by atoms with Crippen LogP contribution >= 0.6 is 11.8 Å². The van der Waals surface area contributed by atoms with E-state index >= 15 is 0 Å². The van der Waals surface area contributed by atoms with Crippen molar-refractivity contribution in [3.63, 3.8) is 0 Å². The second-order valence-electron chi connectivity index (χ2n) is 6.81. The summed E-state index contributed by atoms with van der Waals surface area (Å²) in [7, 11) is 0. The van der Waals surface area contributed by atoms with Gasteiger partial charge in [-0.05, 0) is 43.8 Å². The molecule has 3 heteroatoms. The van der Waals surface area contributed by atoms with Gasteiger partial charge in [0.05, 0.1) is 0 Å². The number of thioether (sulfide) groups is 1. The molecule has 3 rings (SSSR count). The quantitative estimate of drug-likeness (QED) is 0.834. The van der Waals surface area contributed by atoms with Gasteiger partial charge < -0.3 is 5.32 Å². The molecule has 0 bridgehead atoms. The monoisotopic (exact) mass is 282 g/mol. The first-order valence-corrected chi connectivity index (χ1v) is 9.74. The topological polar surface area (TPSA) is 15.3 Å². The molecule has 1 N–H and O–H groups in total.